The Labute approximate surface area is 128 Å². The Morgan fingerprint density at radius 3 is 2.29 bits per heavy atom. The highest BCUT2D eigenvalue weighted by Gasteiger charge is 2.13. The molecule has 0 aliphatic rings. The van der Waals surface area contributed by atoms with E-state index in [0.29, 0.717) is 0 Å². The van der Waals surface area contributed by atoms with Crippen molar-refractivity contribution in [3.63, 3.8) is 0 Å². The van der Waals surface area contributed by atoms with E-state index in [1.165, 1.54) is 31.2 Å². The summed E-state index contributed by atoms with van der Waals surface area (Å²) >= 11 is 9.25. The largest absolute Gasteiger partial charge is 0.139 e. The third-order valence-electron chi connectivity index (χ3n) is 2.14. The predicted molar refractivity (Wildman–Crippen MR) is 89.5 cm³/mol. The monoisotopic (exact) mass is 540 g/mol. The number of fused-ring (bicyclic) bond motifs is 1. The second kappa shape index (κ2) is 4.33. The van der Waals surface area contributed by atoms with E-state index in [1.807, 2.05) is 11.3 Å². The van der Waals surface area contributed by atoms with Gasteiger partial charge in [0.1, 0.15) is 0 Å². The van der Waals surface area contributed by atoms with E-state index in [0.717, 1.165) is 0 Å². The smallest absolute Gasteiger partial charge is 0.0370 e. The maximum absolute atomic E-state index is 2.46. The van der Waals surface area contributed by atoms with E-state index >= 15 is 0 Å². The first-order chi connectivity index (χ1) is 6.52. The number of aryl methyl sites for hydroxylation is 2. The normalized spacial score (nSPS) is 11.2. The fourth-order valence-electron chi connectivity index (χ4n) is 1.39. The zero-order valence-corrected chi connectivity index (χ0v) is 14.9. The third-order valence-corrected chi connectivity index (χ3v) is 8.41. The summed E-state index contributed by atoms with van der Waals surface area (Å²) in [7, 11) is 0. The summed E-state index contributed by atoms with van der Waals surface area (Å²) in [6, 6.07) is 2.30. The summed E-state index contributed by atoms with van der Waals surface area (Å²) in [5.41, 5.74) is 1.39. The van der Waals surface area contributed by atoms with Gasteiger partial charge in [0.05, 0.1) is 0 Å². The van der Waals surface area contributed by atoms with Gasteiger partial charge in [-0.3, -0.25) is 0 Å². The van der Waals surface area contributed by atoms with Crippen molar-refractivity contribution >= 4 is 89.2 Å². The minimum absolute atomic E-state index is 1.39. The molecule has 0 saturated carbocycles. The second-order valence-corrected chi connectivity index (χ2v) is 7.66. The SMILES string of the molecule is Cc1cc2sc(C)c(I)c2c(I)c1I. The quantitative estimate of drug-likeness (QED) is 0.397. The highest BCUT2D eigenvalue weighted by atomic mass is 127. The fourth-order valence-corrected chi connectivity index (χ4v) is 5.64. The Kier molecular flexibility index (Phi) is 3.66. The molecule has 0 aliphatic heterocycles. The summed E-state index contributed by atoms with van der Waals surface area (Å²) in [5, 5.41) is 1.45. The lowest BCUT2D eigenvalue weighted by atomic mass is 10.2. The summed E-state index contributed by atoms with van der Waals surface area (Å²) in [4.78, 5) is 1.43. The van der Waals surface area contributed by atoms with Crippen LogP contribution in [0.1, 0.15) is 10.4 Å². The first-order valence-electron chi connectivity index (χ1n) is 4.05. The van der Waals surface area contributed by atoms with Gasteiger partial charge < -0.3 is 0 Å². The molecule has 1 aromatic carbocycles. The summed E-state index contributed by atoms with van der Waals surface area (Å²) < 4.78 is 5.65. The van der Waals surface area contributed by atoms with Gasteiger partial charge in [-0.25, -0.2) is 0 Å². The van der Waals surface area contributed by atoms with Gasteiger partial charge in [0.2, 0.25) is 0 Å². The van der Waals surface area contributed by atoms with Gasteiger partial charge in [0.15, 0.2) is 0 Å². The van der Waals surface area contributed by atoms with Crippen LogP contribution in [0.5, 0.6) is 0 Å². The van der Waals surface area contributed by atoms with Gasteiger partial charge in [0.25, 0.3) is 0 Å². The lowest BCUT2D eigenvalue weighted by Gasteiger charge is -2.03. The lowest BCUT2D eigenvalue weighted by Crippen LogP contribution is -1.86. The van der Waals surface area contributed by atoms with Crippen molar-refractivity contribution in [3.8, 4) is 0 Å². The molecule has 0 N–H and O–H groups in total. The predicted octanol–water partition coefficient (Wildman–Crippen LogP) is 5.33. The van der Waals surface area contributed by atoms with Crippen LogP contribution in [0.2, 0.25) is 0 Å². The molecule has 0 fully saturated rings. The fraction of sp³-hybridized carbons (Fsp3) is 0.200. The zero-order valence-electron chi connectivity index (χ0n) is 7.62. The molecule has 0 bridgehead atoms. The van der Waals surface area contributed by atoms with Crippen LogP contribution in [0.25, 0.3) is 10.1 Å². The maximum atomic E-state index is 2.46. The first kappa shape index (κ1) is 11.8. The Morgan fingerprint density at radius 1 is 1.00 bits per heavy atom. The molecule has 1 aromatic heterocycles. The minimum atomic E-state index is 1.39. The van der Waals surface area contributed by atoms with Gasteiger partial charge in [-0.2, -0.15) is 0 Å². The van der Waals surface area contributed by atoms with Crippen molar-refractivity contribution in [1.29, 1.82) is 0 Å². The molecule has 0 amide bonds. The third kappa shape index (κ3) is 1.84. The lowest BCUT2D eigenvalue weighted by molar-refractivity contribution is 1.44. The Balaban J connectivity index is 2.99. The highest BCUT2D eigenvalue weighted by molar-refractivity contribution is 14.1. The molecular weight excluding hydrogens is 533 g/mol. The Morgan fingerprint density at radius 2 is 1.64 bits per heavy atom. The second-order valence-electron chi connectivity index (χ2n) is 3.17. The van der Waals surface area contributed by atoms with E-state index < -0.39 is 0 Å². The molecule has 0 aliphatic carbocycles. The van der Waals surface area contributed by atoms with Crippen LogP contribution in [0, 0.1) is 24.6 Å². The van der Waals surface area contributed by atoms with Crippen molar-refractivity contribution in [2.75, 3.05) is 0 Å². The van der Waals surface area contributed by atoms with E-state index in [2.05, 4.69) is 87.7 Å². The van der Waals surface area contributed by atoms with Crippen molar-refractivity contribution in [3.05, 3.63) is 27.2 Å². The molecule has 1 heterocycles. The molecule has 2 aromatic rings. The summed E-state index contributed by atoms with van der Waals surface area (Å²) in [5.74, 6) is 0. The van der Waals surface area contributed by atoms with Crippen molar-refractivity contribution < 1.29 is 0 Å². The van der Waals surface area contributed by atoms with Crippen LogP contribution in [0.3, 0.4) is 0 Å². The average molecular weight is 540 g/mol. The maximum Gasteiger partial charge on any atom is 0.0370 e. The van der Waals surface area contributed by atoms with Gasteiger partial charge >= 0.3 is 0 Å². The first-order valence-corrected chi connectivity index (χ1v) is 8.11. The summed E-state index contributed by atoms with van der Waals surface area (Å²) in [6.07, 6.45) is 0. The molecule has 0 radical (unpaired) electrons. The van der Waals surface area contributed by atoms with E-state index in [-0.39, 0.29) is 0 Å². The van der Waals surface area contributed by atoms with Gasteiger partial charge in [0, 0.05) is 25.7 Å². The molecule has 0 atom stereocenters. The number of rotatable bonds is 0. The molecule has 2 rings (SSSR count). The molecule has 4 heteroatoms. The molecular formula is C10H7I3S. The number of thiophene rings is 1. The van der Waals surface area contributed by atoms with Crippen LogP contribution in [-0.4, -0.2) is 0 Å². The standard InChI is InChI=1S/C10H7I3S/c1-4-3-6-7(10(13)8(4)11)9(12)5(2)14-6/h3H,1-2H3. The molecule has 0 nitrogen and oxygen atoms in total. The van der Waals surface area contributed by atoms with Crippen LogP contribution in [-0.2, 0) is 0 Å². The van der Waals surface area contributed by atoms with Crippen molar-refractivity contribution in [2.24, 2.45) is 0 Å². The highest BCUT2D eigenvalue weighted by Crippen LogP contribution is 2.38. The van der Waals surface area contributed by atoms with E-state index in [4.69, 9.17) is 0 Å². The minimum Gasteiger partial charge on any atom is -0.139 e. The van der Waals surface area contributed by atoms with Gasteiger partial charge in [-0.1, -0.05) is 0 Å². The van der Waals surface area contributed by atoms with Gasteiger partial charge in [-0.05, 0) is 93.2 Å². The summed E-state index contributed by atoms with van der Waals surface area (Å²) in [6.45, 7) is 4.38. The molecule has 0 saturated heterocycles. The molecule has 14 heavy (non-hydrogen) atoms. The van der Waals surface area contributed by atoms with Crippen molar-refractivity contribution in [1.82, 2.24) is 0 Å². The topological polar surface area (TPSA) is 0 Å². The molecule has 0 spiro atoms. The van der Waals surface area contributed by atoms with Gasteiger partial charge in [-0.15, -0.1) is 11.3 Å². The van der Waals surface area contributed by atoms with E-state index in [1.54, 1.807) is 0 Å². The zero-order chi connectivity index (χ0) is 10.5. The number of benzene rings is 1. The van der Waals surface area contributed by atoms with Crippen molar-refractivity contribution in [2.45, 2.75) is 13.8 Å². The number of hydrogen-bond donors (Lipinski definition) is 0. The average Bonchev–Trinajstić information content (AvgIpc) is 2.39. The molecule has 0 unspecified atom stereocenters. The van der Waals surface area contributed by atoms with E-state index in [9.17, 15) is 0 Å². The molecule has 74 valence electrons. The van der Waals surface area contributed by atoms with Crippen LogP contribution in [0.4, 0.5) is 0 Å². The van der Waals surface area contributed by atoms with Crippen LogP contribution < -0.4 is 0 Å². The number of hydrogen-bond acceptors (Lipinski definition) is 1. The Bertz CT molecular complexity index is 514. The van der Waals surface area contributed by atoms with Crippen LogP contribution in [0.15, 0.2) is 6.07 Å². The number of halogens is 3. The Hall–Kier alpha value is 1.37. The van der Waals surface area contributed by atoms with Crippen LogP contribution >= 0.6 is 79.1 Å².